The second-order valence-electron chi connectivity index (χ2n) is 5.25. The summed E-state index contributed by atoms with van der Waals surface area (Å²) >= 11 is 1.62. The summed E-state index contributed by atoms with van der Waals surface area (Å²) < 4.78 is 0. The molecule has 0 saturated carbocycles. The van der Waals surface area contributed by atoms with E-state index in [4.69, 9.17) is 0 Å². The van der Waals surface area contributed by atoms with Crippen molar-refractivity contribution < 1.29 is 4.92 Å². The Morgan fingerprint density at radius 2 is 2.08 bits per heavy atom. The minimum Gasteiger partial charge on any atom is -0.261 e. The molecule has 0 amide bonds. The Balaban J connectivity index is 1.76. The summed E-state index contributed by atoms with van der Waals surface area (Å²) in [6.07, 6.45) is 6.30. The Bertz CT molecular complexity index is 994. The van der Waals surface area contributed by atoms with E-state index in [1.54, 1.807) is 41.7 Å². The molecule has 126 valence electrons. The number of nitro benzene ring substituents is 1. The van der Waals surface area contributed by atoms with Gasteiger partial charge in [0.2, 0.25) is 0 Å². The van der Waals surface area contributed by atoms with Crippen LogP contribution in [0.5, 0.6) is 0 Å². The molecular formula is C17H15N5O2S. The largest absolute Gasteiger partial charge is 0.276 e. The van der Waals surface area contributed by atoms with Gasteiger partial charge in [0.05, 0.1) is 15.9 Å². The number of hydrogen-bond acceptors (Lipinski definition) is 7. The van der Waals surface area contributed by atoms with Gasteiger partial charge in [-0.1, -0.05) is 12.1 Å². The number of rotatable bonds is 5. The van der Waals surface area contributed by atoms with Gasteiger partial charge in [-0.2, -0.15) is 5.10 Å². The first-order valence-electron chi connectivity index (χ1n) is 7.48. The molecule has 1 aromatic carbocycles. The molecule has 25 heavy (non-hydrogen) atoms. The van der Waals surface area contributed by atoms with Crippen LogP contribution in [0, 0.1) is 24.0 Å². The van der Waals surface area contributed by atoms with Gasteiger partial charge < -0.3 is 0 Å². The minimum atomic E-state index is -0.408. The lowest BCUT2D eigenvalue weighted by Gasteiger charge is -2.01. The van der Waals surface area contributed by atoms with Gasteiger partial charge in [-0.05, 0) is 37.6 Å². The standard InChI is InChI=1S/C17H15N5O2S/c1-11-12(2)25-17-15(11)16(18-10-19-17)21-20-9-5-7-13-6-3-4-8-14(13)22(23)24/h3-10H,1-2H3,(H,18,19,21)/b7-5+,20-9+. The smallest absolute Gasteiger partial charge is 0.261 e. The van der Waals surface area contributed by atoms with Crippen molar-refractivity contribution in [3.05, 3.63) is 62.8 Å². The second-order valence-corrected chi connectivity index (χ2v) is 6.45. The molecule has 1 N–H and O–H groups in total. The maximum absolute atomic E-state index is 11.0. The van der Waals surface area contributed by atoms with E-state index in [0.717, 1.165) is 15.8 Å². The second kappa shape index (κ2) is 7.18. The van der Waals surface area contributed by atoms with Crippen LogP contribution in [0.25, 0.3) is 16.3 Å². The number of anilines is 1. The van der Waals surface area contributed by atoms with Crippen molar-refractivity contribution in [1.29, 1.82) is 0 Å². The van der Waals surface area contributed by atoms with Crippen molar-refractivity contribution in [3.63, 3.8) is 0 Å². The third-order valence-electron chi connectivity index (χ3n) is 3.71. The number of nitrogens with zero attached hydrogens (tertiary/aromatic N) is 4. The van der Waals surface area contributed by atoms with Crippen molar-refractivity contribution >= 4 is 45.3 Å². The summed E-state index contributed by atoms with van der Waals surface area (Å²) in [5, 5.41) is 16.0. The van der Waals surface area contributed by atoms with Gasteiger partial charge in [-0.3, -0.25) is 15.5 Å². The highest BCUT2D eigenvalue weighted by atomic mass is 32.1. The molecule has 0 radical (unpaired) electrons. The van der Waals surface area contributed by atoms with Gasteiger partial charge in [0.1, 0.15) is 11.2 Å². The molecule has 0 bridgehead atoms. The number of para-hydroxylation sites is 1. The molecule has 0 spiro atoms. The number of fused-ring (bicyclic) bond motifs is 1. The summed E-state index contributed by atoms with van der Waals surface area (Å²) in [4.78, 5) is 21.2. The molecule has 0 aliphatic rings. The Hall–Kier alpha value is -3.13. The molecule has 0 aliphatic heterocycles. The van der Waals surface area contributed by atoms with Crippen LogP contribution < -0.4 is 5.43 Å². The average Bonchev–Trinajstić information content (AvgIpc) is 2.90. The fourth-order valence-corrected chi connectivity index (χ4v) is 3.35. The number of hydrazone groups is 1. The molecule has 3 rings (SSSR count). The molecule has 8 heteroatoms. The predicted molar refractivity (Wildman–Crippen MR) is 101 cm³/mol. The van der Waals surface area contributed by atoms with Crippen LogP contribution in [0.2, 0.25) is 0 Å². The van der Waals surface area contributed by atoms with Crippen LogP contribution in [-0.4, -0.2) is 21.1 Å². The molecule has 0 fully saturated rings. The summed E-state index contributed by atoms with van der Waals surface area (Å²) in [6.45, 7) is 4.07. The maximum atomic E-state index is 11.0. The van der Waals surface area contributed by atoms with Crippen molar-refractivity contribution in [3.8, 4) is 0 Å². The van der Waals surface area contributed by atoms with E-state index in [2.05, 4.69) is 20.5 Å². The number of benzene rings is 1. The van der Waals surface area contributed by atoms with Crippen molar-refractivity contribution in [2.75, 3.05) is 5.43 Å². The normalized spacial score (nSPS) is 11.6. The Morgan fingerprint density at radius 3 is 2.88 bits per heavy atom. The van der Waals surface area contributed by atoms with Crippen molar-refractivity contribution in [2.45, 2.75) is 13.8 Å². The lowest BCUT2D eigenvalue weighted by molar-refractivity contribution is -0.385. The first-order valence-corrected chi connectivity index (χ1v) is 8.29. The molecular weight excluding hydrogens is 338 g/mol. The Morgan fingerprint density at radius 1 is 1.28 bits per heavy atom. The predicted octanol–water partition coefficient (Wildman–Crippen LogP) is 4.33. The zero-order chi connectivity index (χ0) is 17.8. The first-order chi connectivity index (χ1) is 12.1. The van der Waals surface area contributed by atoms with E-state index >= 15 is 0 Å². The number of nitro groups is 1. The molecule has 2 heterocycles. The van der Waals surface area contributed by atoms with Gasteiger partial charge in [0.25, 0.3) is 5.69 Å². The van der Waals surface area contributed by atoms with Crippen LogP contribution in [-0.2, 0) is 0 Å². The van der Waals surface area contributed by atoms with Crippen molar-refractivity contribution in [2.24, 2.45) is 5.10 Å². The minimum absolute atomic E-state index is 0.0574. The highest BCUT2D eigenvalue weighted by Gasteiger charge is 2.11. The Kier molecular flexibility index (Phi) is 4.80. The third kappa shape index (κ3) is 3.53. The number of aryl methyl sites for hydroxylation is 2. The molecule has 0 aliphatic carbocycles. The molecule has 0 atom stereocenters. The van der Waals surface area contributed by atoms with Crippen molar-refractivity contribution in [1.82, 2.24) is 9.97 Å². The fourth-order valence-electron chi connectivity index (χ4n) is 2.35. The number of nitrogens with one attached hydrogen (secondary N) is 1. The number of thiophene rings is 1. The number of aromatic nitrogens is 2. The topological polar surface area (TPSA) is 93.3 Å². The van der Waals surface area contributed by atoms with E-state index in [0.29, 0.717) is 11.4 Å². The highest BCUT2D eigenvalue weighted by molar-refractivity contribution is 7.18. The van der Waals surface area contributed by atoms with E-state index < -0.39 is 4.92 Å². The highest BCUT2D eigenvalue weighted by Crippen LogP contribution is 2.32. The molecule has 7 nitrogen and oxygen atoms in total. The molecule has 0 unspecified atom stereocenters. The fraction of sp³-hybridized carbons (Fsp3) is 0.118. The summed E-state index contributed by atoms with van der Waals surface area (Å²) in [6, 6.07) is 6.54. The summed E-state index contributed by atoms with van der Waals surface area (Å²) in [5.41, 5.74) is 4.62. The van der Waals surface area contributed by atoms with Crippen LogP contribution >= 0.6 is 11.3 Å². The third-order valence-corrected chi connectivity index (χ3v) is 4.82. The van der Waals surface area contributed by atoms with Gasteiger partial charge in [-0.25, -0.2) is 9.97 Å². The van der Waals surface area contributed by atoms with E-state index in [9.17, 15) is 10.1 Å². The van der Waals surface area contributed by atoms with E-state index in [1.165, 1.54) is 23.5 Å². The van der Waals surface area contributed by atoms with E-state index in [-0.39, 0.29) is 5.69 Å². The van der Waals surface area contributed by atoms with Gasteiger partial charge in [0, 0.05) is 17.2 Å². The quantitative estimate of drug-likeness (QED) is 0.419. The number of hydrogen-bond donors (Lipinski definition) is 1. The van der Waals surface area contributed by atoms with Gasteiger partial charge in [0.15, 0.2) is 5.82 Å². The average molecular weight is 353 g/mol. The Labute approximate surface area is 147 Å². The monoisotopic (exact) mass is 353 g/mol. The molecule has 2 aromatic heterocycles. The lowest BCUT2D eigenvalue weighted by atomic mass is 10.2. The zero-order valence-corrected chi connectivity index (χ0v) is 14.4. The van der Waals surface area contributed by atoms with Crippen LogP contribution in [0.3, 0.4) is 0 Å². The lowest BCUT2D eigenvalue weighted by Crippen LogP contribution is -1.94. The van der Waals surface area contributed by atoms with Crippen LogP contribution in [0.4, 0.5) is 11.5 Å². The van der Waals surface area contributed by atoms with Crippen LogP contribution in [0.15, 0.2) is 41.8 Å². The van der Waals surface area contributed by atoms with Crippen LogP contribution in [0.1, 0.15) is 16.0 Å². The summed E-state index contributed by atoms with van der Waals surface area (Å²) in [5.74, 6) is 0.641. The van der Waals surface area contributed by atoms with Gasteiger partial charge in [-0.15, -0.1) is 11.3 Å². The van der Waals surface area contributed by atoms with Gasteiger partial charge >= 0.3 is 0 Å². The first kappa shape index (κ1) is 16.7. The molecule has 3 aromatic rings. The maximum Gasteiger partial charge on any atom is 0.276 e. The zero-order valence-electron chi connectivity index (χ0n) is 13.6. The van der Waals surface area contributed by atoms with E-state index in [1.807, 2.05) is 13.8 Å². The summed E-state index contributed by atoms with van der Waals surface area (Å²) in [7, 11) is 0. The molecule has 0 saturated heterocycles. The SMILES string of the molecule is Cc1sc2ncnc(N/N=C/C=C/c3ccccc3[N+](=O)[O-])c2c1C. The number of allylic oxidation sites excluding steroid dienone is 1.